The van der Waals surface area contributed by atoms with E-state index in [0.29, 0.717) is 23.3 Å². The smallest absolute Gasteiger partial charge is 0.250 e. The van der Waals surface area contributed by atoms with E-state index in [4.69, 9.17) is 0 Å². The van der Waals surface area contributed by atoms with Gasteiger partial charge in [-0.2, -0.15) is 11.8 Å². The van der Waals surface area contributed by atoms with E-state index in [1.165, 1.54) is 11.3 Å². The lowest BCUT2D eigenvalue weighted by atomic mass is 10.3. The number of thiophene rings is 1. The summed E-state index contributed by atoms with van der Waals surface area (Å²) in [6.07, 6.45) is 2.87. The van der Waals surface area contributed by atoms with Gasteiger partial charge in [0.1, 0.15) is 4.21 Å². The van der Waals surface area contributed by atoms with Gasteiger partial charge in [0.05, 0.1) is 0 Å². The Morgan fingerprint density at radius 1 is 1.42 bits per heavy atom. The quantitative estimate of drug-likeness (QED) is 0.685. The zero-order valence-corrected chi connectivity index (χ0v) is 14.1. The molecular weight excluding hydrogens is 300 g/mol. The normalized spacial score (nSPS) is 12.2. The summed E-state index contributed by atoms with van der Waals surface area (Å²) in [6, 6.07) is 2.14. The number of rotatable bonds is 9. The lowest BCUT2D eigenvalue weighted by molar-refractivity contribution is 0.582. The Bertz CT molecular complexity index is 469. The first-order valence-electron chi connectivity index (χ1n) is 6.25. The zero-order chi connectivity index (χ0) is 14.3. The van der Waals surface area contributed by atoms with Crippen LogP contribution >= 0.6 is 23.1 Å². The average molecular weight is 323 g/mol. The third kappa shape index (κ3) is 6.27. The lowest BCUT2D eigenvalue weighted by Gasteiger charge is -2.05. The van der Waals surface area contributed by atoms with E-state index in [0.717, 1.165) is 17.7 Å². The van der Waals surface area contributed by atoms with E-state index in [9.17, 15) is 8.42 Å². The van der Waals surface area contributed by atoms with E-state index in [1.807, 2.05) is 11.6 Å². The zero-order valence-electron chi connectivity index (χ0n) is 11.6. The Balaban J connectivity index is 2.53. The van der Waals surface area contributed by atoms with E-state index in [-0.39, 0.29) is 0 Å². The summed E-state index contributed by atoms with van der Waals surface area (Å²) in [5.74, 6) is 0.969. The maximum absolute atomic E-state index is 12.0. The number of thioether (sulfide) groups is 1. The van der Waals surface area contributed by atoms with Crippen molar-refractivity contribution in [3.8, 4) is 0 Å². The molecule has 0 amide bonds. The fourth-order valence-corrected chi connectivity index (χ4v) is 4.16. The van der Waals surface area contributed by atoms with Gasteiger partial charge in [0, 0.05) is 19.1 Å². The Morgan fingerprint density at radius 3 is 2.79 bits per heavy atom. The number of nitrogens with one attached hydrogen (secondary N) is 2. The Hall–Kier alpha value is -0.0800. The number of hydrogen-bond donors (Lipinski definition) is 2. The van der Waals surface area contributed by atoms with Crippen molar-refractivity contribution >= 4 is 33.1 Å². The fourth-order valence-electron chi connectivity index (χ4n) is 1.40. The van der Waals surface area contributed by atoms with Crippen LogP contribution in [0.3, 0.4) is 0 Å². The summed E-state index contributed by atoms with van der Waals surface area (Å²) in [5.41, 5.74) is 1.02. The molecule has 1 aromatic rings. The second-order valence-electron chi connectivity index (χ2n) is 4.55. The van der Waals surface area contributed by atoms with Crippen molar-refractivity contribution in [1.29, 1.82) is 0 Å². The summed E-state index contributed by atoms with van der Waals surface area (Å²) < 4.78 is 27.1. The highest BCUT2D eigenvalue weighted by atomic mass is 32.2. The minimum Gasteiger partial charge on any atom is -0.310 e. The molecule has 0 radical (unpaired) electrons. The first-order chi connectivity index (χ1) is 8.95. The van der Waals surface area contributed by atoms with Gasteiger partial charge in [-0.1, -0.05) is 13.8 Å². The molecule has 1 aromatic heterocycles. The molecule has 0 saturated heterocycles. The molecule has 7 heteroatoms. The molecule has 0 saturated carbocycles. The molecule has 0 unspecified atom stereocenters. The first-order valence-corrected chi connectivity index (χ1v) is 10.0. The van der Waals surface area contributed by atoms with Crippen LogP contribution in [0, 0.1) is 0 Å². The van der Waals surface area contributed by atoms with Crippen LogP contribution in [0.4, 0.5) is 0 Å². The van der Waals surface area contributed by atoms with E-state index >= 15 is 0 Å². The molecule has 1 rings (SSSR count). The number of sulfonamides is 1. The summed E-state index contributed by atoms with van der Waals surface area (Å²) in [6.45, 7) is 5.34. The molecule has 0 aromatic carbocycles. The van der Waals surface area contributed by atoms with Crippen molar-refractivity contribution < 1.29 is 8.42 Å². The minimum atomic E-state index is -3.33. The average Bonchev–Trinajstić information content (AvgIpc) is 2.82. The maximum Gasteiger partial charge on any atom is 0.250 e. The van der Waals surface area contributed by atoms with Crippen molar-refractivity contribution in [2.75, 3.05) is 18.6 Å². The molecule has 0 spiro atoms. The molecule has 110 valence electrons. The Kier molecular flexibility index (Phi) is 7.38. The molecule has 0 aliphatic rings. The van der Waals surface area contributed by atoms with Crippen LogP contribution in [0.5, 0.6) is 0 Å². The first kappa shape index (κ1) is 17.0. The second kappa shape index (κ2) is 8.26. The predicted molar refractivity (Wildman–Crippen MR) is 84.5 cm³/mol. The lowest BCUT2D eigenvalue weighted by Crippen LogP contribution is -2.24. The van der Waals surface area contributed by atoms with Gasteiger partial charge >= 0.3 is 0 Å². The van der Waals surface area contributed by atoms with Crippen LogP contribution in [0.1, 0.15) is 25.8 Å². The van der Waals surface area contributed by atoms with Crippen molar-refractivity contribution in [2.24, 2.45) is 0 Å². The van der Waals surface area contributed by atoms with Crippen LogP contribution in [-0.4, -0.2) is 33.0 Å². The largest absolute Gasteiger partial charge is 0.310 e. The van der Waals surface area contributed by atoms with Crippen LogP contribution in [0.2, 0.25) is 0 Å². The molecule has 0 fully saturated rings. The summed E-state index contributed by atoms with van der Waals surface area (Å²) >= 11 is 3.00. The third-order valence-corrected chi connectivity index (χ3v) is 6.07. The van der Waals surface area contributed by atoms with Crippen molar-refractivity contribution in [3.63, 3.8) is 0 Å². The van der Waals surface area contributed by atoms with Crippen LogP contribution < -0.4 is 10.0 Å². The Morgan fingerprint density at radius 2 is 2.16 bits per heavy atom. The van der Waals surface area contributed by atoms with Gasteiger partial charge in [-0.15, -0.1) is 11.3 Å². The van der Waals surface area contributed by atoms with Crippen LogP contribution in [-0.2, 0) is 16.6 Å². The molecule has 19 heavy (non-hydrogen) atoms. The standard InChI is InChI=1S/C12H22N2O2S3/c1-10(2)13-8-11-7-12(18-9-11)19(15,16)14-5-4-6-17-3/h7,9-10,13-14H,4-6,8H2,1-3H3. The summed E-state index contributed by atoms with van der Waals surface area (Å²) in [5, 5.41) is 5.17. The topological polar surface area (TPSA) is 58.2 Å². The van der Waals surface area contributed by atoms with E-state index < -0.39 is 10.0 Å². The molecular formula is C12H22N2O2S3. The van der Waals surface area contributed by atoms with Gasteiger partial charge in [0.25, 0.3) is 0 Å². The van der Waals surface area contributed by atoms with Gasteiger partial charge in [-0.25, -0.2) is 13.1 Å². The predicted octanol–water partition coefficient (Wildman–Crippen LogP) is 2.28. The maximum atomic E-state index is 12.0. The molecule has 4 nitrogen and oxygen atoms in total. The molecule has 0 aliphatic heterocycles. The Labute approximate surface area is 124 Å². The van der Waals surface area contributed by atoms with E-state index in [2.05, 4.69) is 23.9 Å². The second-order valence-corrected chi connectivity index (χ2v) is 8.44. The van der Waals surface area contributed by atoms with Crippen molar-refractivity contribution in [3.05, 3.63) is 17.0 Å². The van der Waals surface area contributed by atoms with Crippen LogP contribution in [0.15, 0.2) is 15.7 Å². The van der Waals surface area contributed by atoms with Crippen molar-refractivity contribution in [2.45, 2.75) is 37.1 Å². The van der Waals surface area contributed by atoms with Gasteiger partial charge < -0.3 is 5.32 Å². The fraction of sp³-hybridized carbons (Fsp3) is 0.667. The SMILES string of the molecule is CSCCCNS(=O)(=O)c1cc(CNC(C)C)cs1. The van der Waals surface area contributed by atoms with E-state index in [1.54, 1.807) is 17.8 Å². The monoisotopic (exact) mass is 322 g/mol. The number of hydrogen-bond acceptors (Lipinski definition) is 5. The van der Waals surface area contributed by atoms with Crippen molar-refractivity contribution in [1.82, 2.24) is 10.0 Å². The minimum absolute atomic E-state index is 0.393. The van der Waals surface area contributed by atoms with Crippen LogP contribution in [0.25, 0.3) is 0 Å². The van der Waals surface area contributed by atoms with Gasteiger partial charge in [0.2, 0.25) is 10.0 Å². The summed E-state index contributed by atoms with van der Waals surface area (Å²) in [7, 11) is -3.33. The summed E-state index contributed by atoms with van der Waals surface area (Å²) in [4.78, 5) is 0. The van der Waals surface area contributed by atoms with Gasteiger partial charge in [-0.05, 0) is 35.4 Å². The molecule has 1 heterocycles. The molecule has 2 N–H and O–H groups in total. The van der Waals surface area contributed by atoms with Gasteiger partial charge in [-0.3, -0.25) is 0 Å². The highest BCUT2D eigenvalue weighted by Crippen LogP contribution is 2.20. The highest BCUT2D eigenvalue weighted by molar-refractivity contribution is 7.98. The molecule has 0 bridgehead atoms. The van der Waals surface area contributed by atoms with Gasteiger partial charge in [0.15, 0.2) is 0 Å². The molecule has 0 aliphatic carbocycles. The highest BCUT2D eigenvalue weighted by Gasteiger charge is 2.15. The third-order valence-electron chi connectivity index (χ3n) is 2.43. The molecule has 0 atom stereocenters.